The average Bonchev–Trinajstić information content (AvgIpc) is 2.57. The second-order valence-corrected chi connectivity index (χ2v) is 7.19. The van der Waals surface area contributed by atoms with Gasteiger partial charge in [-0.2, -0.15) is 0 Å². The van der Waals surface area contributed by atoms with Crippen LogP contribution in [-0.2, 0) is 10.2 Å². The molecule has 138 valence electrons. The molecule has 1 N–H and O–H groups in total. The molecule has 0 spiro atoms. The fourth-order valence-electron chi connectivity index (χ4n) is 2.54. The third-order valence-electron chi connectivity index (χ3n) is 3.83. The Morgan fingerprint density at radius 3 is 2.50 bits per heavy atom. The number of carboxylic acids is 1. The highest BCUT2D eigenvalue weighted by Crippen LogP contribution is 2.32. The van der Waals surface area contributed by atoms with E-state index in [2.05, 4.69) is 33.8 Å². The number of hydrogen-bond donors (Lipinski definition) is 1. The lowest BCUT2D eigenvalue weighted by Crippen LogP contribution is -2.16. The predicted octanol–water partition coefficient (Wildman–Crippen LogP) is 4.85. The number of aliphatic carboxylic acids is 1. The van der Waals surface area contributed by atoms with Crippen molar-refractivity contribution in [1.82, 2.24) is 0 Å². The van der Waals surface area contributed by atoms with Gasteiger partial charge in [0.1, 0.15) is 24.7 Å². The summed E-state index contributed by atoms with van der Waals surface area (Å²) >= 11 is 0. The van der Waals surface area contributed by atoms with Crippen molar-refractivity contribution < 1.29 is 19.4 Å². The van der Waals surface area contributed by atoms with Gasteiger partial charge in [0, 0.05) is 6.08 Å². The van der Waals surface area contributed by atoms with E-state index in [1.165, 1.54) is 17.2 Å². The molecule has 0 radical (unpaired) electrons. The highest BCUT2D eigenvalue weighted by molar-refractivity contribution is 5.85. The number of ether oxygens (including phenoxy) is 2. The molecule has 2 aromatic carbocycles. The van der Waals surface area contributed by atoms with Crippen molar-refractivity contribution in [2.45, 2.75) is 33.1 Å². The molecule has 4 nitrogen and oxygen atoms in total. The minimum absolute atomic E-state index is 0.00696. The molecule has 26 heavy (non-hydrogen) atoms. The molecular formula is C22H26O4. The summed E-state index contributed by atoms with van der Waals surface area (Å²) in [4.78, 5) is 10.6. The summed E-state index contributed by atoms with van der Waals surface area (Å²) in [5.74, 6) is 0.586. The monoisotopic (exact) mass is 354 g/mol. The van der Waals surface area contributed by atoms with Gasteiger partial charge < -0.3 is 14.6 Å². The van der Waals surface area contributed by atoms with Crippen molar-refractivity contribution in [2.24, 2.45) is 0 Å². The van der Waals surface area contributed by atoms with E-state index in [9.17, 15) is 4.79 Å². The van der Waals surface area contributed by atoms with Gasteiger partial charge in [0.15, 0.2) is 0 Å². The molecule has 0 aliphatic heterocycles. The second-order valence-electron chi connectivity index (χ2n) is 7.19. The standard InChI is InChI=1S/C22H26O4/c1-16-8-10-20(19(14-16)22(2,3)4)26-13-12-25-18-7-5-6-17(15-18)9-11-21(23)24/h5-11,14-15H,12-13H2,1-4H3,(H,23,24). The fraction of sp³-hybridized carbons (Fsp3) is 0.318. The molecule has 0 atom stereocenters. The molecule has 0 saturated carbocycles. The zero-order valence-corrected chi connectivity index (χ0v) is 15.8. The Balaban J connectivity index is 1.94. The molecule has 0 aliphatic rings. The molecule has 0 unspecified atom stereocenters. The van der Waals surface area contributed by atoms with Crippen LogP contribution in [0.2, 0.25) is 0 Å². The van der Waals surface area contributed by atoms with Crippen molar-refractivity contribution in [2.75, 3.05) is 13.2 Å². The lowest BCUT2D eigenvalue weighted by molar-refractivity contribution is -0.131. The first-order chi connectivity index (χ1) is 12.3. The van der Waals surface area contributed by atoms with E-state index in [1.54, 1.807) is 6.07 Å². The molecule has 0 fully saturated rings. The van der Waals surface area contributed by atoms with Crippen molar-refractivity contribution in [3.63, 3.8) is 0 Å². The Kier molecular flexibility index (Phi) is 6.45. The van der Waals surface area contributed by atoms with Gasteiger partial charge in [-0.05, 0) is 47.7 Å². The molecule has 0 saturated heterocycles. The van der Waals surface area contributed by atoms with Crippen molar-refractivity contribution in [1.29, 1.82) is 0 Å². The summed E-state index contributed by atoms with van der Waals surface area (Å²) in [5.41, 5.74) is 3.18. The number of aryl methyl sites for hydroxylation is 1. The number of rotatable bonds is 7. The average molecular weight is 354 g/mol. The summed E-state index contributed by atoms with van der Waals surface area (Å²) in [6.45, 7) is 9.42. The van der Waals surface area contributed by atoms with Gasteiger partial charge in [-0.25, -0.2) is 4.79 Å². The number of benzene rings is 2. The van der Waals surface area contributed by atoms with Crippen LogP contribution in [0.1, 0.15) is 37.5 Å². The van der Waals surface area contributed by atoms with Crippen LogP contribution in [0.5, 0.6) is 11.5 Å². The number of carboxylic acid groups (broad SMARTS) is 1. The van der Waals surface area contributed by atoms with Gasteiger partial charge in [-0.1, -0.05) is 50.6 Å². The lowest BCUT2D eigenvalue weighted by atomic mass is 9.85. The maximum atomic E-state index is 10.6. The number of hydrogen-bond acceptors (Lipinski definition) is 3. The zero-order valence-electron chi connectivity index (χ0n) is 15.8. The Bertz CT molecular complexity index is 785. The van der Waals surface area contributed by atoms with Gasteiger partial charge in [-0.3, -0.25) is 0 Å². The first-order valence-corrected chi connectivity index (χ1v) is 8.63. The highest BCUT2D eigenvalue weighted by Gasteiger charge is 2.19. The van der Waals surface area contributed by atoms with E-state index < -0.39 is 5.97 Å². The summed E-state index contributed by atoms with van der Waals surface area (Å²) in [6, 6.07) is 13.5. The Morgan fingerprint density at radius 2 is 1.81 bits per heavy atom. The van der Waals surface area contributed by atoms with Gasteiger partial charge in [-0.15, -0.1) is 0 Å². The van der Waals surface area contributed by atoms with Crippen LogP contribution in [0.15, 0.2) is 48.5 Å². The SMILES string of the molecule is Cc1ccc(OCCOc2cccc(C=CC(=O)O)c2)c(C(C)(C)C)c1. The van der Waals surface area contributed by atoms with Crippen LogP contribution in [0.3, 0.4) is 0 Å². The van der Waals surface area contributed by atoms with Crippen molar-refractivity contribution in [3.05, 3.63) is 65.2 Å². The van der Waals surface area contributed by atoms with Gasteiger partial charge in [0.25, 0.3) is 0 Å². The Labute approximate surface area is 155 Å². The Hall–Kier alpha value is -2.75. The van der Waals surface area contributed by atoms with E-state index in [4.69, 9.17) is 14.6 Å². The van der Waals surface area contributed by atoms with Crippen molar-refractivity contribution in [3.8, 4) is 11.5 Å². The largest absolute Gasteiger partial charge is 0.490 e. The van der Waals surface area contributed by atoms with Crippen molar-refractivity contribution >= 4 is 12.0 Å². The topological polar surface area (TPSA) is 55.8 Å². The Morgan fingerprint density at radius 1 is 1.08 bits per heavy atom. The maximum absolute atomic E-state index is 10.6. The van der Waals surface area contributed by atoms with Gasteiger partial charge >= 0.3 is 5.97 Å². The zero-order chi connectivity index (χ0) is 19.2. The smallest absolute Gasteiger partial charge is 0.328 e. The summed E-state index contributed by atoms with van der Waals surface area (Å²) in [7, 11) is 0. The molecular weight excluding hydrogens is 328 g/mol. The van der Waals surface area contributed by atoms with E-state index >= 15 is 0 Å². The minimum atomic E-state index is -0.975. The van der Waals surface area contributed by atoms with E-state index in [0.717, 1.165) is 17.4 Å². The van der Waals surface area contributed by atoms with Crippen LogP contribution in [0, 0.1) is 6.92 Å². The second kappa shape index (κ2) is 8.56. The number of carbonyl (C=O) groups is 1. The third-order valence-corrected chi connectivity index (χ3v) is 3.83. The summed E-state index contributed by atoms with van der Waals surface area (Å²) < 4.78 is 11.7. The molecule has 0 bridgehead atoms. The van der Waals surface area contributed by atoms with Crippen LogP contribution in [-0.4, -0.2) is 24.3 Å². The third kappa shape index (κ3) is 5.96. The van der Waals surface area contributed by atoms with Crippen LogP contribution in [0.4, 0.5) is 0 Å². The first-order valence-electron chi connectivity index (χ1n) is 8.63. The van der Waals surface area contributed by atoms with E-state index in [1.807, 2.05) is 30.3 Å². The molecule has 0 aromatic heterocycles. The van der Waals surface area contributed by atoms with E-state index in [0.29, 0.717) is 19.0 Å². The molecule has 0 heterocycles. The molecule has 2 rings (SSSR count). The van der Waals surface area contributed by atoms with Gasteiger partial charge in [0.05, 0.1) is 0 Å². The molecule has 0 amide bonds. The fourth-order valence-corrected chi connectivity index (χ4v) is 2.54. The molecule has 4 heteroatoms. The van der Waals surface area contributed by atoms with Crippen LogP contribution >= 0.6 is 0 Å². The minimum Gasteiger partial charge on any atom is -0.490 e. The van der Waals surface area contributed by atoms with Gasteiger partial charge in [0.2, 0.25) is 0 Å². The first kappa shape index (κ1) is 19.6. The maximum Gasteiger partial charge on any atom is 0.328 e. The normalized spacial score (nSPS) is 11.5. The predicted molar refractivity (Wildman–Crippen MR) is 104 cm³/mol. The summed E-state index contributed by atoms with van der Waals surface area (Å²) in [5, 5.41) is 8.69. The molecule has 0 aliphatic carbocycles. The van der Waals surface area contributed by atoms with Crippen LogP contribution < -0.4 is 9.47 Å². The van der Waals surface area contributed by atoms with E-state index in [-0.39, 0.29) is 5.41 Å². The highest BCUT2D eigenvalue weighted by atomic mass is 16.5. The molecule has 2 aromatic rings. The summed E-state index contributed by atoms with van der Waals surface area (Å²) in [6.07, 6.45) is 2.64. The van der Waals surface area contributed by atoms with Crippen LogP contribution in [0.25, 0.3) is 6.08 Å². The quantitative estimate of drug-likeness (QED) is 0.570. The lowest BCUT2D eigenvalue weighted by Gasteiger charge is -2.23.